The van der Waals surface area contributed by atoms with E-state index in [2.05, 4.69) is 12.2 Å². The van der Waals surface area contributed by atoms with E-state index in [9.17, 15) is 19.4 Å². The van der Waals surface area contributed by atoms with Crippen molar-refractivity contribution < 1.29 is 32.9 Å². The molecule has 0 aliphatic heterocycles. The predicted molar refractivity (Wildman–Crippen MR) is 229 cm³/mol. The second kappa shape index (κ2) is 37.8. The van der Waals surface area contributed by atoms with E-state index in [1.807, 2.05) is 34.1 Å². The van der Waals surface area contributed by atoms with Gasteiger partial charge in [0, 0.05) is 6.42 Å². The Balaban J connectivity index is 3.69. The fraction of sp³-hybridized carbons (Fsp3) is 0.933. The number of nitrogens with one attached hydrogen (secondary N) is 1. The molecule has 322 valence electrons. The highest BCUT2D eigenvalue weighted by atomic mass is 31.2. The lowest BCUT2D eigenvalue weighted by atomic mass is 10.0. The first-order valence-electron chi connectivity index (χ1n) is 23.1. The van der Waals surface area contributed by atoms with E-state index in [-0.39, 0.29) is 19.1 Å². The van der Waals surface area contributed by atoms with Gasteiger partial charge in [0.2, 0.25) is 5.91 Å². The topological polar surface area (TPSA) is 108 Å². The third-order valence-electron chi connectivity index (χ3n) is 10.5. The molecule has 0 aliphatic rings. The van der Waals surface area contributed by atoms with Gasteiger partial charge in [0.1, 0.15) is 13.2 Å². The molecule has 3 atom stereocenters. The molecule has 0 aliphatic carbocycles. The van der Waals surface area contributed by atoms with E-state index >= 15 is 0 Å². The summed E-state index contributed by atoms with van der Waals surface area (Å²) in [4.78, 5) is 24.4. The number of rotatable bonds is 42. The molecule has 0 saturated carbocycles. The summed E-state index contributed by atoms with van der Waals surface area (Å²) in [5.41, 5.74) is 0. The molecule has 0 saturated heterocycles. The lowest BCUT2D eigenvalue weighted by Gasteiger charge is -2.29. The molecule has 3 unspecified atom stereocenters. The number of carbonyl (C=O) groups is 1. The maximum absolute atomic E-state index is 12.2. The molecule has 9 heteroatoms. The number of hydrogen-bond donors (Lipinski definition) is 2. The number of phosphoric acid groups is 1. The summed E-state index contributed by atoms with van der Waals surface area (Å²) in [7, 11) is 1.26. The van der Waals surface area contributed by atoms with Crippen LogP contribution in [-0.2, 0) is 18.4 Å². The van der Waals surface area contributed by atoms with Crippen LogP contribution in [0.1, 0.15) is 219 Å². The number of phosphoric ester groups is 1. The maximum atomic E-state index is 12.2. The van der Waals surface area contributed by atoms with Gasteiger partial charge in [0.25, 0.3) is 7.82 Å². The van der Waals surface area contributed by atoms with E-state index in [0.717, 1.165) is 19.3 Å². The van der Waals surface area contributed by atoms with Gasteiger partial charge in [-0.25, -0.2) is 0 Å². The van der Waals surface area contributed by atoms with Crippen LogP contribution in [0.25, 0.3) is 0 Å². The molecular formula is C45H91N2O6P. The number of hydrogen-bond acceptors (Lipinski definition) is 6. The third-order valence-corrected chi connectivity index (χ3v) is 11.4. The SMILES string of the molecule is CCCCCCCCCCCCCCCCCCCCCCCCCCCCCCC/C=C/C(O)C(COP(=O)([O-])OCC[N+](C)(C)C)NC(=O)CCC. The molecule has 8 nitrogen and oxygen atoms in total. The molecule has 0 rings (SSSR count). The highest BCUT2D eigenvalue weighted by Crippen LogP contribution is 2.38. The minimum absolute atomic E-state index is 0.000715. The molecule has 0 bridgehead atoms. The zero-order valence-electron chi connectivity index (χ0n) is 36.4. The summed E-state index contributed by atoms with van der Waals surface area (Å²) in [6.07, 6.45) is 44.6. The quantitative estimate of drug-likeness (QED) is 0.0276. The van der Waals surface area contributed by atoms with Crippen LogP contribution in [0.15, 0.2) is 12.2 Å². The standard InChI is InChI=1S/C45H91N2O6P/c1-6-8-9-10-11-12-13-14-15-16-17-18-19-20-21-22-23-24-25-26-27-28-29-30-31-32-33-34-35-36-37-39-44(48)43(46-45(49)38-7-2)42-53-54(50,51)52-41-40-47(3,4)5/h37,39,43-44,48H,6-36,38,40-42H2,1-5H3,(H-,46,49,50,51)/b39-37+. The Bertz CT molecular complexity index is 896. The van der Waals surface area contributed by atoms with Gasteiger partial charge < -0.3 is 28.8 Å². The maximum Gasteiger partial charge on any atom is 0.268 e. The van der Waals surface area contributed by atoms with Crippen LogP contribution in [0.5, 0.6) is 0 Å². The average Bonchev–Trinajstić information content (AvgIpc) is 3.11. The highest BCUT2D eigenvalue weighted by molar-refractivity contribution is 7.45. The lowest BCUT2D eigenvalue weighted by Crippen LogP contribution is -2.45. The van der Waals surface area contributed by atoms with Crippen LogP contribution >= 0.6 is 7.82 Å². The number of nitrogens with zero attached hydrogens (tertiary/aromatic N) is 1. The van der Waals surface area contributed by atoms with Gasteiger partial charge in [-0.2, -0.15) is 0 Å². The Morgan fingerprint density at radius 2 is 1.00 bits per heavy atom. The first kappa shape index (κ1) is 53.2. The number of aliphatic hydroxyl groups is 1. The van der Waals surface area contributed by atoms with E-state index < -0.39 is 20.0 Å². The fourth-order valence-electron chi connectivity index (χ4n) is 6.85. The minimum Gasteiger partial charge on any atom is -0.756 e. The van der Waals surface area contributed by atoms with Crippen molar-refractivity contribution >= 4 is 13.7 Å². The van der Waals surface area contributed by atoms with E-state index in [0.29, 0.717) is 23.9 Å². The summed E-state index contributed by atoms with van der Waals surface area (Å²) < 4.78 is 22.8. The minimum atomic E-state index is -4.55. The van der Waals surface area contributed by atoms with Crippen LogP contribution in [0, 0.1) is 0 Å². The van der Waals surface area contributed by atoms with Crippen LogP contribution in [0.2, 0.25) is 0 Å². The largest absolute Gasteiger partial charge is 0.756 e. The normalized spacial score (nSPS) is 14.4. The van der Waals surface area contributed by atoms with Gasteiger partial charge >= 0.3 is 0 Å². The summed E-state index contributed by atoms with van der Waals surface area (Å²) in [6.45, 7) is 4.30. The monoisotopic (exact) mass is 787 g/mol. The Kier molecular flexibility index (Phi) is 37.3. The highest BCUT2D eigenvalue weighted by Gasteiger charge is 2.23. The predicted octanol–water partition coefficient (Wildman–Crippen LogP) is 12.1. The molecule has 0 aromatic carbocycles. The first-order valence-corrected chi connectivity index (χ1v) is 24.5. The van der Waals surface area contributed by atoms with Crippen molar-refractivity contribution in [3.63, 3.8) is 0 Å². The number of unbranched alkanes of at least 4 members (excludes halogenated alkanes) is 29. The molecule has 54 heavy (non-hydrogen) atoms. The smallest absolute Gasteiger partial charge is 0.268 e. The van der Waals surface area contributed by atoms with Crippen LogP contribution in [0.3, 0.4) is 0 Å². The Hall–Kier alpha value is -0.760. The number of likely N-dealkylation sites (N-methyl/N-ethyl adjacent to an activating group) is 1. The molecule has 0 aromatic rings. The van der Waals surface area contributed by atoms with Crippen molar-refractivity contribution in [3.05, 3.63) is 12.2 Å². The van der Waals surface area contributed by atoms with Crippen molar-refractivity contribution in [1.29, 1.82) is 0 Å². The second-order valence-corrected chi connectivity index (χ2v) is 18.5. The summed E-state index contributed by atoms with van der Waals surface area (Å²) in [6, 6.07) is -0.877. The fourth-order valence-corrected chi connectivity index (χ4v) is 7.57. The number of amides is 1. The van der Waals surface area contributed by atoms with Gasteiger partial charge in [0.05, 0.1) is 39.9 Å². The number of aliphatic hydroxyl groups excluding tert-OH is 1. The van der Waals surface area contributed by atoms with Gasteiger partial charge in [-0.3, -0.25) is 9.36 Å². The van der Waals surface area contributed by atoms with Crippen molar-refractivity contribution in [2.45, 2.75) is 231 Å². The van der Waals surface area contributed by atoms with E-state index in [1.165, 1.54) is 173 Å². The van der Waals surface area contributed by atoms with Gasteiger partial charge in [0.15, 0.2) is 0 Å². The molecule has 0 radical (unpaired) electrons. The average molecular weight is 787 g/mol. The summed E-state index contributed by atoms with van der Waals surface area (Å²) >= 11 is 0. The molecule has 0 aromatic heterocycles. The van der Waals surface area contributed by atoms with Gasteiger partial charge in [-0.15, -0.1) is 0 Å². The molecule has 1 amide bonds. The first-order chi connectivity index (χ1) is 26.0. The number of quaternary nitrogens is 1. The van der Waals surface area contributed by atoms with Crippen LogP contribution < -0.4 is 10.2 Å². The summed E-state index contributed by atoms with van der Waals surface area (Å²) in [5, 5.41) is 13.4. The Morgan fingerprint density at radius 1 is 0.630 bits per heavy atom. The van der Waals surface area contributed by atoms with Crippen molar-refractivity contribution in [1.82, 2.24) is 5.32 Å². The number of carbonyl (C=O) groups excluding carboxylic acids is 1. The van der Waals surface area contributed by atoms with Gasteiger partial charge in [-0.1, -0.05) is 206 Å². The molecule has 0 fully saturated rings. The molecular weight excluding hydrogens is 695 g/mol. The van der Waals surface area contributed by atoms with E-state index in [1.54, 1.807) is 6.08 Å². The zero-order chi connectivity index (χ0) is 40.0. The van der Waals surface area contributed by atoms with Crippen LogP contribution in [-0.4, -0.2) is 68.5 Å². The van der Waals surface area contributed by atoms with Crippen LogP contribution in [0.4, 0.5) is 0 Å². The second-order valence-electron chi connectivity index (χ2n) is 17.1. The Labute approximate surface area is 335 Å². The Morgan fingerprint density at radius 3 is 1.35 bits per heavy atom. The lowest BCUT2D eigenvalue weighted by molar-refractivity contribution is -0.870. The zero-order valence-corrected chi connectivity index (χ0v) is 37.3. The van der Waals surface area contributed by atoms with Gasteiger partial charge in [-0.05, 0) is 19.3 Å². The molecule has 0 spiro atoms. The summed E-state index contributed by atoms with van der Waals surface area (Å²) in [5.74, 6) is -0.249. The third kappa shape index (κ3) is 39.5. The van der Waals surface area contributed by atoms with Crippen molar-refractivity contribution in [3.8, 4) is 0 Å². The van der Waals surface area contributed by atoms with Crippen molar-refractivity contribution in [2.75, 3.05) is 40.9 Å². The van der Waals surface area contributed by atoms with Crippen molar-refractivity contribution in [2.24, 2.45) is 0 Å². The van der Waals surface area contributed by atoms with E-state index in [4.69, 9.17) is 9.05 Å². The molecule has 2 N–H and O–H groups in total. The number of allylic oxidation sites excluding steroid dienone is 1. The molecule has 0 heterocycles.